The second-order valence-corrected chi connectivity index (χ2v) is 8.75. The second-order valence-electron chi connectivity index (χ2n) is 6.19. The molecule has 3 rings (SSSR count). The lowest BCUT2D eigenvalue weighted by atomic mass is 10.1. The molecular formula is C20H18F3N3O2S2. The van der Waals surface area contributed by atoms with Gasteiger partial charge in [-0.2, -0.15) is 18.3 Å². The van der Waals surface area contributed by atoms with Crippen LogP contribution in [0.5, 0.6) is 0 Å². The molecule has 1 heterocycles. The largest absolute Gasteiger partial charge is 0.433 e. The van der Waals surface area contributed by atoms with E-state index in [-0.39, 0.29) is 22.6 Å². The number of rotatable bonds is 7. The summed E-state index contributed by atoms with van der Waals surface area (Å²) < 4.78 is 70.3. The first kappa shape index (κ1) is 22.0. The van der Waals surface area contributed by atoms with Crippen LogP contribution in [0.3, 0.4) is 0 Å². The van der Waals surface area contributed by atoms with E-state index in [4.69, 9.17) is 0 Å². The summed E-state index contributed by atoms with van der Waals surface area (Å²) >= 11 is 1.44. The Morgan fingerprint density at radius 2 is 1.77 bits per heavy atom. The molecule has 0 amide bonds. The van der Waals surface area contributed by atoms with Gasteiger partial charge < -0.3 is 0 Å². The quantitative estimate of drug-likeness (QED) is 0.391. The maximum absolute atomic E-state index is 14.0. The Kier molecular flexibility index (Phi) is 6.27. The SMILES string of the molecule is C=CCn1nc(NS(=O)(=O)c2ccccc2)c(-c2ccc(SC)cc2)c1C(F)(F)F. The molecule has 0 spiro atoms. The molecule has 1 N–H and O–H groups in total. The third-order valence-corrected chi connectivity index (χ3v) is 6.28. The van der Waals surface area contributed by atoms with Crippen LogP contribution in [0.15, 0.2) is 77.0 Å². The van der Waals surface area contributed by atoms with E-state index in [1.807, 2.05) is 6.26 Å². The summed E-state index contributed by atoms with van der Waals surface area (Å²) in [6.07, 6.45) is -1.66. The molecular weight excluding hydrogens is 435 g/mol. The van der Waals surface area contributed by atoms with Gasteiger partial charge >= 0.3 is 6.18 Å². The van der Waals surface area contributed by atoms with E-state index in [0.717, 1.165) is 4.90 Å². The zero-order valence-corrected chi connectivity index (χ0v) is 17.5. The Morgan fingerprint density at radius 1 is 1.13 bits per heavy atom. The van der Waals surface area contributed by atoms with Crippen molar-refractivity contribution < 1.29 is 21.6 Å². The minimum absolute atomic E-state index is 0.0829. The average molecular weight is 454 g/mol. The van der Waals surface area contributed by atoms with Crippen molar-refractivity contribution in [2.24, 2.45) is 0 Å². The van der Waals surface area contributed by atoms with Crippen LogP contribution in [0.4, 0.5) is 19.0 Å². The first-order valence-corrected chi connectivity index (χ1v) is 11.4. The van der Waals surface area contributed by atoms with Gasteiger partial charge in [0.15, 0.2) is 11.5 Å². The fourth-order valence-corrected chi connectivity index (χ4v) is 4.33. The predicted molar refractivity (Wildman–Crippen MR) is 112 cm³/mol. The van der Waals surface area contributed by atoms with Gasteiger partial charge in [-0.05, 0) is 36.1 Å². The minimum Gasteiger partial charge on any atom is -0.261 e. The lowest BCUT2D eigenvalue weighted by molar-refractivity contribution is -0.143. The van der Waals surface area contributed by atoms with Crippen molar-refractivity contribution >= 4 is 27.6 Å². The molecule has 1 aromatic heterocycles. The summed E-state index contributed by atoms with van der Waals surface area (Å²) in [5.41, 5.74) is -1.19. The predicted octanol–water partition coefficient (Wildman–Crippen LogP) is 5.28. The number of halogens is 3. The summed E-state index contributed by atoms with van der Waals surface area (Å²) in [6, 6.07) is 13.7. The van der Waals surface area contributed by atoms with Crippen LogP contribution in [0.25, 0.3) is 11.1 Å². The maximum atomic E-state index is 14.0. The highest BCUT2D eigenvalue weighted by Crippen LogP contribution is 2.42. The van der Waals surface area contributed by atoms with E-state index in [1.165, 1.54) is 54.2 Å². The molecule has 0 radical (unpaired) electrons. The van der Waals surface area contributed by atoms with Crippen LogP contribution < -0.4 is 4.72 Å². The highest BCUT2D eigenvalue weighted by Gasteiger charge is 2.41. The summed E-state index contributed by atoms with van der Waals surface area (Å²) in [5, 5.41) is 3.93. The Bertz CT molecular complexity index is 1140. The van der Waals surface area contributed by atoms with E-state index in [9.17, 15) is 21.6 Å². The van der Waals surface area contributed by atoms with Crippen molar-refractivity contribution in [2.45, 2.75) is 22.5 Å². The van der Waals surface area contributed by atoms with Gasteiger partial charge in [-0.3, -0.25) is 9.40 Å². The fraction of sp³-hybridized carbons (Fsp3) is 0.150. The van der Waals surface area contributed by atoms with Crippen molar-refractivity contribution in [3.05, 3.63) is 72.9 Å². The molecule has 0 aliphatic carbocycles. The van der Waals surface area contributed by atoms with Gasteiger partial charge in [-0.25, -0.2) is 8.42 Å². The van der Waals surface area contributed by atoms with Gasteiger partial charge in [0, 0.05) is 4.90 Å². The molecule has 0 aliphatic heterocycles. The van der Waals surface area contributed by atoms with Crippen molar-refractivity contribution in [2.75, 3.05) is 11.0 Å². The van der Waals surface area contributed by atoms with Crippen molar-refractivity contribution in [1.82, 2.24) is 9.78 Å². The molecule has 0 saturated heterocycles. The highest BCUT2D eigenvalue weighted by atomic mass is 32.2. The summed E-state index contributed by atoms with van der Waals surface area (Å²) in [5.74, 6) is -0.398. The van der Waals surface area contributed by atoms with E-state index in [0.29, 0.717) is 4.68 Å². The molecule has 0 fully saturated rings. The van der Waals surface area contributed by atoms with E-state index >= 15 is 0 Å². The molecule has 158 valence electrons. The highest BCUT2D eigenvalue weighted by molar-refractivity contribution is 7.98. The zero-order valence-electron chi connectivity index (χ0n) is 15.8. The summed E-state index contributed by atoms with van der Waals surface area (Å²) in [4.78, 5) is 0.776. The lowest BCUT2D eigenvalue weighted by Gasteiger charge is -2.13. The molecule has 3 aromatic rings. The average Bonchev–Trinajstić information content (AvgIpc) is 3.06. The van der Waals surface area contributed by atoms with Gasteiger partial charge in [0.05, 0.1) is 17.0 Å². The first-order chi connectivity index (χ1) is 14.2. The molecule has 2 aromatic carbocycles. The maximum Gasteiger partial charge on any atom is 0.433 e. The fourth-order valence-electron chi connectivity index (χ4n) is 2.89. The second kappa shape index (κ2) is 8.57. The van der Waals surface area contributed by atoms with Gasteiger partial charge in [0.2, 0.25) is 0 Å². The number of anilines is 1. The molecule has 0 unspecified atom stereocenters. The zero-order chi connectivity index (χ0) is 21.9. The number of nitrogens with one attached hydrogen (secondary N) is 1. The Labute approximate surface area is 176 Å². The van der Waals surface area contributed by atoms with E-state index < -0.39 is 27.7 Å². The standard InChI is InChI=1S/C20H18F3N3O2S2/c1-3-13-26-18(20(21,22)23)17(14-9-11-15(29-2)12-10-14)19(24-26)25-30(27,28)16-7-5-4-6-8-16/h3-12H,1,13H2,2H3,(H,24,25). The number of benzene rings is 2. The third kappa shape index (κ3) is 4.54. The summed E-state index contributed by atoms with van der Waals surface area (Å²) in [6.45, 7) is 3.23. The minimum atomic E-state index is -4.76. The number of aromatic nitrogens is 2. The van der Waals surface area contributed by atoms with Crippen LogP contribution in [-0.2, 0) is 22.7 Å². The number of allylic oxidation sites excluding steroid dienone is 1. The molecule has 0 saturated carbocycles. The molecule has 0 atom stereocenters. The number of thioether (sulfide) groups is 1. The Morgan fingerprint density at radius 3 is 2.30 bits per heavy atom. The Hall–Kier alpha value is -2.72. The normalized spacial score (nSPS) is 12.0. The molecule has 5 nitrogen and oxygen atoms in total. The number of hydrogen-bond donors (Lipinski definition) is 1. The van der Waals surface area contributed by atoms with Crippen LogP contribution in [0.2, 0.25) is 0 Å². The van der Waals surface area contributed by atoms with Crippen molar-refractivity contribution in [3.8, 4) is 11.1 Å². The first-order valence-electron chi connectivity index (χ1n) is 8.68. The molecule has 30 heavy (non-hydrogen) atoms. The third-order valence-electron chi connectivity index (χ3n) is 4.19. The van der Waals surface area contributed by atoms with Crippen LogP contribution in [-0.4, -0.2) is 24.5 Å². The number of nitrogens with zero attached hydrogens (tertiary/aromatic N) is 2. The van der Waals surface area contributed by atoms with Crippen molar-refractivity contribution in [1.29, 1.82) is 0 Å². The lowest BCUT2D eigenvalue weighted by Crippen LogP contribution is -2.15. The van der Waals surface area contributed by atoms with E-state index in [1.54, 1.807) is 18.2 Å². The van der Waals surface area contributed by atoms with Crippen molar-refractivity contribution in [3.63, 3.8) is 0 Å². The van der Waals surface area contributed by atoms with E-state index in [2.05, 4.69) is 16.4 Å². The number of sulfonamides is 1. The molecule has 0 aliphatic rings. The Balaban J connectivity index is 2.22. The smallest absolute Gasteiger partial charge is 0.261 e. The molecule has 10 heteroatoms. The van der Waals surface area contributed by atoms with Crippen LogP contribution >= 0.6 is 11.8 Å². The summed E-state index contributed by atoms with van der Waals surface area (Å²) in [7, 11) is -4.14. The molecule has 0 bridgehead atoms. The number of hydrogen-bond acceptors (Lipinski definition) is 4. The topological polar surface area (TPSA) is 64.0 Å². The van der Waals surface area contributed by atoms with Crippen LogP contribution in [0, 0.1) is 0 Å². The van der Waals surface area contributed by atoms with Gasteiger partial charge in [-0.15, -0.1) is 18.3 Å². The van der Waals surface area contributed by atoms with Gasteiger partial charge in [-0.1, -0.05) is 36.4 Å². The van der Waals surface area contributed by atoms with Gasteiger partial charge in [0.1, 0.15) is 0 Å². The van der Waals surface area contributed by atoms with Gasteiger partial charge in [0.25, 0.3) is 10.0 Å². The number of alkyl halides is 3. The monoisotopic (exact) mass is 453 g/mol. The van der Waals surface area contributed by atoms with Crippen LogP contribution in [0.1, 0.15) is 5.69 Å².